The molecule has 1 fully saturated rings. The van der Waals surface area contributed by atoms with Crippen molar-refractivity contribution in [1.29, 1.82) is 0 Å². The molecule has 1 aromatic heterocycles. The van der Waals surface area contributed by atoms with Crippen LogP contribution in [0.5, 0.6) is 0 Å². The molecule has 0 unspecified atom stereocenters. The van der Waals surface area contributed by atoms with Crippen LogP contribution >= 0.6 is 0 Å². The molecule has 0 bridgehead atoms. The van der Waals surface area contributed by atoms with Crippen molar-refractivity contribution >= 4 is 0 Å². The Hall–Kier alpha value is -1.05. The molecule has 0 N–H and O–H groups in total. The molecule has 2 heteroatoms. The quantitative estimate of drug-likeness (QED) is 0.637. The van der Waals surface area contributed by atoms with Gasteiger partial charge in [-0.1, -0.05) is 12.8 Å². The fourth-order valence-electron chi connectivity index (χ4n) is 1.92. The van der Waals surface area contributed by atoms with Crippen molar-refractivity contribution in [3.05, 3.63) is 34.4 Å². The van der Waals surface area contributed by atoms with Gasteiger partial charge in [-0.05, 0) is 30.9 Å². The maximum absolute atomic E-state index is 11.2. The van der Waals surface area contributed by atoms with Crippen LogP contribution in [0.25, 0.3) is 0 Å². The van der Waals surface area contributed by atoms with E-state index in [-0.39, 0.29) is 5.63 Å². The van der Waals surface area contributed by atoms with Gasteiger partial charge in [-0.3, -0.25) is 0 Å². The Labute approximate surface area is 71.2 Å². The van der Waals surface area contributed by atoms with E-state index in [0.717, 1.165) is 18.4 Å². The van der Waals surface area contributed by atoms with Crippen molar-refractivity contribution in [3.63, 3.8) is 0 Å². The summed E-state index contributed by atoms with van der Waals surface area (Å²) in [7, 11) is 0. The fourth-order valence-corrected chi connectivity index (χ4v) is 1.92. The Balaban J connectivity index is 2.32. The molecule has 1 aliphatic carbocycles. The van der Waals surface area contributed by atoms with E-state index >= 15 is 0 Å². The highest BCUT2D eigenvalue weighted by Gasteiger charge is 2.19. The summed E-state index contributed by atoms with van der Waals surface area (Å²) in [4.78, 5) is 11.2. The first-order chi connectivity index (χ1) is 5.88. The molecule has 2 nitrogen and oxygen atoms in total. The van der Waals surface area contributed by atoms with Gasteiger partial charge in [0.2, 0.25) is 0 Å². The topological polar surface area (TPSA) is 30.2 Å². The minimum absolute atomic E-state index is 0.149. The summed E-state index contributed by atoms with van der Waals surface area (Å²) in [6.45, 7) is 0. The molecule has 64 valence electrons. The molecule has 0 spiro atoms. The molecule has 0 amide bonds. The summed E-state index contributed by atoms with van der Waals surface area (Å²) < 4.78 is 4.82. The summed E-state index contributed by atoms with van der Waals surface area (Å²) in [5.41, 5.74) is 0.722. The van der Waals surface area contributed by atoms with Crippen molar-refractivity contribution in [2.75, 3.05) is 0 Å². The smallest absolute Gasteiger partial charge is 0.339 e. The van der Waals surface area contributed by atoms with E-state index in [1.165, 1.54) is 19.1 Å². The standard InChI is InChI=1S/C10H12O2/c11-10-9(6-3-7-12-10)8-4-1-2-5-8/h3,6-8H,1-2,4-5H2. The lowest BCUT2D eigenvalue weighted by atomic mass is 10.0. The molecule has 0 aliphatic heterocycles. The lowest BCUT2D eigenvalue weighted by Gasteiger charge is -2.05. The second kappa shape index (κ2) is 3.13. The van der Waals surface area contributed by atoms with Gasteiger partial charge in [0.25, 0.3) is 0 Å². The van der Waals surface area contributed by atoms with Gasteiger partial charge in [-0.15, -0.1) is 0 Å². The first-order valence-electron chi connectivity index (χ1n) is 4.45. The molecular formula is C10H12O2. The van der Waals surface area contributed by atoms with Gasteiger partial charge in [-0.25, -0.2) is 4.79 Å². The van der Waals surface area contributed by atoms with Crippen molar-refractivity contribution in [2.45, 2.75) is 31.6 Å². The Morgan fingerprint density at radius 1 is 1.33 bits per heavy atom. The lowest BCUT2D eigenvalue weighted by Crippen LogP contribution is -2.09. The summed E-state index contributed by atoms with van der Waals surface area (Å²) in [6.07, 6.45) is 6.24. The first-order valence-corrected chi connectivity index (χ1v) is 4.45. The highest BCUT2D eigenvalue weighted by Crippen LogP contribution is 2.31. The molecule has 1 aromatic rings. The van der Waals surface area contributed by atoms with Crippen LogP contribution in [0.1, 0.15) is 37.2 Å². The van der Waals surface area contributed by atoms with E-state index < -0.39 is 0 Å². The molecule has 12 heavy (non-hydrogen) atoms. The number of hydrogen-bond donors (Lipinski definition) is 0. The Morgan fingerprint density at radius 3 is 2.75 bits per heavy atom. The van der Waals surface area contributed by atoms with Gasteiger partial charge in [0.1, 0.15) is 0 Å². The highest BCUT2D eigenvalue weighted by molar-refractivity contribution is 5.14. The van der Waals surface area contributed by atoms with Crippen LogP contribution in [0.4, 0.5) is 0 Å². The number of hydrogen-bond acceptors (Lipinski definition) is 2. The van der Waals surface area contributed by atoms with E-state index in [1.807, 2.05) is 6.07 Å². The molecule has 1 saturated carbocycles. The van der Waals surface area contributed by atoms with Gasteiger partial charge in [0, 0.05) is 5.56 Å². The summed E-state index contributed by atoms with van der Waals surface area (Å²) in [5, 5.41) is 0. The van der Waals surface area contributed by atoms with Crippen molar-refractivity contribution in [2.24, 2.45) is 0 Å². The molecule has 0 atom stereocenters. The molecule has 0 saturated heterocycles. The van der Waals surface area contributed by atoms with E-state index in [2.05, 4.69) is 0 Å². The van der Waals surface area contributed by atoms with E-state index in [9.17, 15) is 4.79 Å². The van der Waals surface area contributed by atoms with Gasteiger partial charge in [0.15, 0.2) is 0 Å². The van der Waals surface area contributed by atoms with Crippen molar-refractivity contribution < 1.29 is 4.42 Å². The summed E-state index contributed by atoms with van der Waals surface area (Å²) >= 11 is 0. The zero-order chi connectivity index (χ0) is 8.39. The third kappa shape index (κ3) is 1.29. The van der Waals surface area contributed by atoms with Crippen LogP contribution < -0.4 is 5.63 Å². The molecule has 0 aromatic carbocycles. The minimum atomic E-state index is -0.149. The second-order valence-electron chi connectivity index (χ2n) is 3.34. The molecule has 1 aliphatic rings. The second-order valence-corrected chi connectivity index (χ2v) is 3.34. The number of rotatable bonds is 1. The Morgan fingerprint density at radius 2 is 2.08 bits per heavy atom. The summed E-state index contributed by atoms with van der Waals surface area (Å²) in [6, 6.07) is 3.69. The molecule has 2 rings (SSSR count). The third-order valence-electron chi connectivity index (χ3n) is 2.56. The van der Waals surface area contributed by atoms with Gasteiger partial charge < -0.3 is 4.42 Å². The monoisotopic (exact) mass is 164 g/mol. The third-order valence-corrected chi connectivity index (χ3v) is 2.56. The summed E-state index contributed by atoms with van der Waals surface area (Å²) in [5.74, 6) is 0.461. The van der Waals surface area contributed by atoms with Crippen LogP contribution in [-0.4, -0.2) is 0 Å². The Kier molecular flexibility index (Phi) is 1.98. The maximum atomic E-state index is 11.2. The fraction of sp³-hybridized carbons (Fsp3) is 0.500. The van der Waals surface area contributed by atoms with Gasteiger partial charge >= 0.3 is 5.63 Å². The van der Waals surface area contributed by atoms with Gasteiger partial charge in [0.05, 0.1) is 6.26 Å². The average molecular weight is 164 g/mol. The zero-order valence-corrected chi connectivity index (χ0v) is 6.95. The first kappa shape index (κ1) is 7.59. The van der Waals surface area contributed by atoms with E-state index in [1.54, 1.807) is 6.07 Å². The highest BCUT2D eigenvalue weighted by atomic mass is 16.4. The van der Waals surface area contributed by atoms with Crippen LogP contribution in [0.15, 0.2) is 27.6 Å². The van der Waals surface area contributed by atoms with Crippen LogP contribution in [0, 0.1) is 0 Å². The van der Waals surface area contributed by atoms with Crippen molar-refractivity contribution in [3.8, 4) is 0 Å². The predicted octanol–water partition coefficient (Wildman–Crippen LogP) is 2.30. The maximum Gasteiger partial charge on any atom is 0.339 e. The molecular weight excluding hydrogens is 152 g/mol. The van der Waals surface area contributed by atoms with E-state index in [4.69, 9.17) is 4.42 Å². The zero-order valence-electron chi connectivity index (χ0n) is 6.95. The van der Waals surface area contributed by atoms with Crippen molar-refractivity contribution in [1.82, 2.24) is 0 Å². The van der Waals surface area contributed by atoms with Crippen LogP contribution in [0.3, 0.4) is 0 Å². The molecule has 0 radical (unpaired) electrons. The SMILES string of the molecule is O=c1occcc1C1CCCC1. The average Bonchev–Trinajstić information content (AvgIpc) is 2.57. The largest absolute Gasteiger partial charge is 0.431 e. The van der Waals surface area contributed by atoms with Gasteiger partial charge in [-0.2, -0.15) is 0 Å². The normalized spacial score (nSPS) is 18.3. The Bertz CT molecular complexity index is 308. The van der Waals surface area contributed by atoms with Crippen LogP contribution in [-0.2, 0) is 0 Å². The van der Waals surface area contributed by atoms with E-state index in [0.29, 0.717) is 5.92 Å². The molecule has 1 heterocycles. The lowest BCUT2D eigenvalue weighted by molar-refractivity contribution is 0.491. The predicted molar refractivity (Wildman–Crippen MR) is 46.2 cm³/mol. The van der Waals surface area contributed by atoms with Crippen LogP contribution in [0.2, 0.25) is 0 Å². The minimum Gasteiger partial charge on any atom is -0.431 e.